The van der Waals surface area contributed by atoms with Crippen molar-refractivity contribution in [2.24, 2.45) is 5.92 Å². The average Bonchev–Trinajstić information content (AvgIpc) is 3.22. The predicted molar refractivity (Wildman–Crippen MR) is 82.7 cm³/mol. The van der Waals surface area contributed by atoms with Gasteiger partial charge in [0.2, 0.25) is 0 Å². The molecule has 2 aliphatic rings. The maximum atomic E-state index is 11.7. The normalized spacial score (nSPS) is 23.1. The molecule has 2 fully saturated rings. The van der Waals surface area contributed by atoms with Gasteiger partial charge in [-0.05, 0) is 37.5 Å². The van der Waals surface area contributed by atoms with E-state index in [1.54, 1.807) is 18.3 Å². The van der Waals surface area contributed by atoms with Gasteiger partial charge in [0.15, 0.2) is 5.78 Å². The quantitative estimate of drug-likeness (QED) is 0.838. The smallest absolute Gasteiger partial charge is 0.171 e. The van der Waals surface area contributed by atoms with E-state index in [9.17, 15) is 9.90 Å². The standard InChI is InChI=1S/C15H22N2O2S/c1-9(19)14-13(16)12(11-4-5-11)15(20-14)17-6-2-3-10(7-17)8-18/h10-11,18H,2-8,16H2,1H3. The number of ketones is 1. The molecule has 1 saturated heterocycles. The summed E-state index contributed by atoms with van der Waals surface area (Å²) in [5.74, 6) is 0.958. The van der Waals surface area contributed by atoms with Gasteiger partial charge in [-0.2, -0.15) is 0 Å². The highest BCUT2D eigenvalue weighted by Crippen LogP contribution is 2.52. The van der Waals surface area contributed by atoms with Crippen LogP contribution >= 0.6 is 11.3 Å². The number of aliphatic hydroxyl groups excluding tert-OH is 1. The van der Waals surface area contributed by atoms with E-state index in [4.69, 9.17) is 5.73 Å². The Hall–Kier alpha value is -1.07. The number of rotatable bonds is 4. The van der Waals surface area contributed by atoms with E-state index in [2.05, 4.69) is 4.90 Å². The highest BCUT2D eigenvalue weighted by Gasteiger charge is 2.35. The molecule has 20 heavy (non-hydrogen) atoms. The van der Waals surface area contributed by atoms with E-state index in [1.165, 1.54) is 23.4 Å². The zero-order valence-electron chi connectivity index (χ0n) is 11.9. The first-order valence-electron chi connectivity index (χ1n) is 7.40. The molecule has 0 amide bonds. The van der Waals surface area contributed by atoms with E-state index < -0.39 is 0 Å². The predicted octanol–water partition coefficient (Wildman–Crippen LogP) is 2.62. The van der Waals surface area contributed by atoms with Gasteiger partial charge in [-0.15, -0.1) is 11.3 Å². The van der Waals surface area contributed by atoms with Crippen LogP contribution < -0.4 is 10.6 Å². The van der Waals surface area contributed by atoms with Crippen LogP contribution in [0.5, 0.6) is 0 Å². The maximum Gasteiger partial charge on any atom is 0.171 e. The fraction of sp³-hybridized carbons (Fsp3) is 0.667. The second-order valence-corrected chi connectivity index (χ2v) is 7.03. The monoisotopic (exact) mass is 294 g/mol. The lowest BCUT2D eigenvalue weighted by Crippen LogP contribution is -2.36. The Kier molecular flexibility index (Phi) is 3.73. The van der Waals surface area contributed by atoms with Crippen molar-refractivity contribution in [3.8, 4) is 0 Å². The number of piperidine rings is 1. The summed E-state index contributed by atoms with van der Waals surface area (Å²) >= 11 is 1.55. The van der Waals surface area contributed by atoms with E-state index in [0.717, 1.165) is 25.9 Å². The fourth-order valence-electron chi connectivity index (χ4n) is 3.11. The molecule has 1 atom stereocenters. The molecule has 1 aliphatic carbocycles. The Morgan fingerprint density at radius 2 is 2.20 bits per heavy atom. The number of Topliss-reactive ketones (excluding diaryl/α,β-unsaturated/α-hetero) is 1. The summed E-state index contributed by atoms with van der Waals surface area (Å²) in [7, 11) is 0. The number of nitrogens with two attached hydrogens (primary N) is 1. The molecule has 2 heterocycles. The number of aliphatic hydroxyl groups is 1. The van der Waals surface area contributed by atoms with Gasteiger partial charge in [0.1, 0.15) is 0 Å². The Bertz CT molecular complexity index is 522. The van der Waals surface area contributed by atoms with Crippen LogP contribution in [0.1, 0.15) is 53.8 Å². The summed E-state index contributed by atoms with van der Waals surface area (Å²) in [6.45, 7) is 3.73. The topological polar surface area (TPSA) is 66.6 Å². The van der Waals surface area contributed by atoms with Gasteiger partial charge in [0.05, 0.1) is 15.6 Å². The largest absolute Gasteiger partial charge is 0.397 e. The number of carbonyl (C=O) groups is 1. The molecule has 1 saturated carbocycles. The first-order valence-corrected chi connectivity index (χ1v) is 8.22. The number of hydrogen-bond donors (Lipinski definition) is 2. The SMILES string of the molecule is CC(=O)c1sc(N2CCCC(CO)C2)c(C2CC2)c1N. The number of anilines is 2. The van der Waals surface area contributed by atoms with Crippen LogP contribution in [0.15, 0.2) is 0 Å². The highest BCUT2D eigenvalue weighted by molar-refractivity contribution is 7.18. The Labute approximate surface area is 123 Å². The van der Waals surface area contributed by atoms with E-state index in [0.29, 0.717) is 22.4 Å². The van der Waals surface area contributed by atoms with Crippen molar-refractivity contribution in [2.45, 2.75) is 38.5 Å². The minimum Gasteiger partial charge on any atom is -0.397 e. The van der Waals surface area contributed by atoms with Crippen molar-refractivity contribution in [3.63, 3.8) is 0 Å². The van der Waals surface area contributed by atoms with Crippen molar-refractivity contribution in [1.29, 1.82) is 0 Å². The van der Waals surface area contributed by atoms with Crippen molar-refractivity contribution in [3.05, 3.63) is 10.4 Å². The van der Waals surface area contributed by atoms with Crippen molar-refractivity contribution in [1.82, 2.24) is 0 Å². The maximum absolute atomic E-state index is 11.7. The molecule has 4 nitrogen and oxygen atoms in total. The summed E-state index contributed by atoms with van der Waals surface area (Å²) in [5, 5.41) is 10.6. The van der Waals surface area contributed by atoms with Gasteiger partial charge < -0.3 is 15.7 Å². The van der Waals surface area contributed by atoms with E-state index in [1.807, 2.05) is 0 Å². The molecule has 0 bridgehead atoms. The van der Waals surface area contributed by atoms with Crippen molar-refractivity contribution in [2.75, 3.05) is 30.3 Å². The van der Waals surface area contributed by atoms with Crippen LogP contribution in [-0.2, 0) is 0 Å². The minimum absolute atomic E-state index is 0.0661. The van der Waals surface area contributed by atoms with Gasteiger partial charge in [-0.1, -0.05) is 0 Å². The molecule has 1 aromatic heterocycles. The third kappa shape index (κ3) is 2.44. The number of nitrogens with zero attached hydrogens (tertiary/aromatic N) is 1. The van der Waals surface area contributed by atoms with Gasteiger partial charge >= 0.3 is 0 Å². The molecule has 0 spiro atoms. The third-order valence-corrected chi connectivity index (χ3v) is 5.72. The second-order valence-electron chi connectivity index (χ2n) is 6.03. The zero-order chi connectivity index (χ0) is 14.3. The molecule has 1 unspecified atom stereocenters. The van der Waals surface area contributed by atoms with Crippen LogP contribution in [0.25, 0.3) is 0 Å². The van der Waals surface area contributed by atoms with E-state index in [-0.39, 0.29) is 12.4 Å². The zero-order valence-corrected chi connectivity index (χ0v) is 12.7. The minimum atomic E-state index is 0.0661. The van der Waals surface area contributed by atoms with Gasteiger partial charge in [-0.3, -0.25) is 4.79 Å². The Morgan fingerprint density at radius 3 is 2.80 bits per heavy atom. The summed E-state index contributed by atoms with van der Waals surface area (Å²) in [6.07, 6.45) is 4.56. The number of thiophene rings is 1. The summed E-state index contributed by atoms with van der Waals surface area (Å²) in [5.41, 5.74) is 8.15. The van der Waals surface area contributed by atoms with Gasteiger partial charge in [0.25, 0.3) is 0 Å². The van der Waals surface area contributed by atoms with Crippen molar-refractivity contribution >= 4 is 27.8 Å². The highest BCUT2D eigenvalue weighted by atomic mass is 32.1. The first kappa shape index (κ1) is 13.9. The Balaban J connectivity index is 1.95. The first-order chi connectivity index (χ1) is 9.61. The average molecular weight is 294 g/mol. The molecule has 0 aromatic carbocycles. The fourth-order valence-corrected chi connectivity index (χ4v) is 4.34. The van der Waals surface area contributed by atoms with Gasteiger partial charge in [-0.25, -0.2) is 0 Å². The molecular formula is C15H22N2O2S. The van der Waals surface area contributed by atoms with Crippen molar-refractivity contribution < 1.29 is 9.90 Å². The van der Waals surface area contributed by atoms with Crippen LogP contribution in [0, 0.1) is 5.92 Å². The molecule has 3 N–H and O–H groups in total. The molecule has 3 rings (SSSR count). The third-order valence-electron chi connectivity index (χ3n) is 4.33. The second kappa shape index (κ2) is 5.37. The Morgan fingerprint density at radius 1 is 1.45 bits per heavy atom. The summed E-state index contributed by atoms with van der Waals surface area (Å²) < 4.78 is 0. The lowest BCUT2D eigenvalue weighted by Gasteiger charge is -2.33. The number of nitrogen functional groups attached to an aromatic ring is 1. The van der Waals surface area contributed by atoms with Crippen LogP contribution in [0.3, 0.4) is 0 Å². The molecule has 0 radical (unpaired) electrons. The molecule has 1 aromatic rings. The molecular weight excluding hydrogens is 272 g/mol. The number of carbonyl (C=O) groups excluding carboxylic acids is 1. The summed E-state index contributed by atoms with van der Waals surface area (Å²) in [4.78, 5) is 14.8. The van der Waals surface area contributed by atoms with Crippen LogP contribution in [-0.4, -0.2) is 30.6 Å². The van der Waals surface area contributed by atoms with E-state index >= 15 is 0 Å². The lowest BCUT2D eigenvalue weighted by molar-refractivity contribution is 0.102. The van der Waals surface area contributed by atoms with Crippen LogP contribution in [0.4, 0.5) is 10.7 Å². The molecule has 5 heteroatoms. The lowest BCUT2D eigenvalue weighted by atomic mass is 9.98. The molecule has 110 valence electrons. The van der Waals surface area contributed by atoms with Crippen LogP contribution in [0.2, 0.25) is 0 Å². The van der Waals surface area contributed by atoms with Gasteiger partial charge in [0, 0.05) is 32.2 Å². The molecule has 1 aliphatic heterocycles. The number of hydrogen-bond acceptors (Lipinski definition) is 5. The summed E-state index contributed by atoms with van der Waals surface area (Å²) in [6, 6.07) is 0.